The highest BCUT2D eigenvalue weighted by atomic mass is 79.9. The van der Waals surface area contributed by atoms with Crippen LogP contribution in [-0.2, 0) is 0 Å². The third-order valence-electron chi connectivity index (χ3n) is 2.99. The van der Waals surface area contributed by atoms with Crippen molar-refractivity contribution in [3.8, 4) is 0 Å². The van der Waals surface area contributed by atoms with Crippen LogP contribution in [0.15, 0.2) is 52.4 Å². The van der Waals surface area contributed by atoms with Gasteiger partial charge in [0.25, 0.3) is 0 Å². The number of halogens is 1. The normalized spacial score (nSPS) is 12.5. The Balaban J connectivity index is 1.84. The number of pyridine rings is 1. The van der Waals surface area contributed by atoms with Crippen molar-refractivity contribution in [1.82, 2.24) is 4.98 Å². The van der Waals surface area contributed by atoms with Gasteiger partial charge in [0.1, 0.15) is 0 Å². The van der Waals surface area contributed by atoms with Crippen LogP contribution in [-0.4, -0.2) is 4.98 Å². The van der Waals surface area contributed by atoms with Gasteiger partial charge in [0.15, 0.2) is 0 Å². The first-order valence-corrected chi connectivity index (χ1v) is 7.70. The molecule has 1 aromatic carbocycles. The maximum atomic E-state index is 4.46. The standard InChI is InChI=1S/C15H13BrN2S/c1-10(14-6-7-15(16)19-14)18-12-8-11-4-2-3-5-13(11)17-9-12/h2-10,18H,1H3. The number of thiophene rings is 1. The molecule has 0 spiro atoms. The second kappa shape index (κ2) is 5.31. The van der Waals surface area contributed by atoms with E-state index in [1.165, 1.54) is 4.88 Å². The van der Waals surface area contributed by atoms with Crippen molar-refractivity contribution in [2.75, 3.05) is 5.32 Å². The highest BCUT2D eigenvalue weighted by molar-refractivity contribution is 9.11. The van der Waals surface area contributed by atoms with Crippen LogP contribution in [0, 0.1) is 0 Å². The van der Waals surface area contributed by atoms with Crippen molar-refractivity contribution in [2.45, 2.75) is 13.0 Å². The molecule has 1 unspecified atom stereocenters. The van der Waals surface area contributed by atoms with Gasteiger partial charge in [-0.25, -0.2) is 0 Å². The highest BCUT2D eigenvalue weighted by Gasteiger charge is 2.08. The molecule has 0 aliphatic rings. The maximum absolute atomic E-state index is 4.46. The quantitative estimate of drug-likeness (QED) is 0.710. The molecule has 0 saturated heterocycles. The van der Waals surface area contributed by atoms with Gasteiger partial charge in [-0.1, -0.05) is 18.2 Å². The summed E-state index contributed by atoms with van der Waals surface area (Å²) in [5, 5.41) is 4.65. The van der Waals surface area contributed by atoms with Crippen molar-refractivity contribution in [1.29, 1.82) is 0 Å². The third-order valence-corrected chi connectivity index (χ3v) is 4.80. The Bertz CT molecular complexity index is 708. The largest absolute Gasteiger partial charge is 0.376 e. The van der Waals surface area contributed by atoms with E-state index in [1.54, 1.807) is 11.3 Å². The van der Waals surface area contributed by atoms with Crippen molar-refractivity contribution in [3.63, 3.8) is 0 Å². The minimum atomic E-state index is 0.277. The number of anilines is 1. The summed E-state index contributed by atoms with van der Waals surface area (Å²) < 4.78 is 1.16. The number of hydrogen-bond donors (Lipinski definition) is 1. The molecule has 0 aliphatic carbocycles. The molecule has 2 heterocycles. The predicted molar refractivity (Wildman–Crippen MR) is 85.8 cm³/mol. The number of rotatable bonds is 3. The molecule has 0 aliphatic heterocycles. The van der Waals surface area contributed by atoms with Crippen LogP contribution in [0.1, 0.15) is 17.8 Å². The van der Waals surface area contributed by atoms with Crippen LogP contribution in [0.5, 0.6) is 0 Å². The smallest absolute Gasteiger partial charge is 0.0703 e. The summed E-state index contributed by atoms with van der Waals surface area (Å²) in [4.78, 5) is 5.77. The van der Waals surface area contributed by atoms with Gasteiger partial charge >= 0.3 is 0 Å². The zero-order valence-electron chi connectivity index (χ0n) is 10.4. The van der Waals surface area contributed by atoms with Crippen molar-refractivity contribution in [2.24, 2.45) is 0 Å². The minimum Gasteiger partial charge on any atom is -0.376 e. The van der Waals surface area contributed by atoms with Gasteiger partial charge < -0.3 is 5.32 Å². The molecule has 0 fully saturated rings. The average molecular weight is 333 g/mol. The molecule has 3 aromatic rings. The molecule has 3 rings (SSSR count). The van der Waals surface area contributed by atoms with Crippen LogP contribution in [0.3, 0.4) is 0 Å². The molecule has 19 heavy (non-hydrogen) atoms. The lowest BCUT2D eigenvalue weighted by Gasteiger charge is -2.13. The van der Waals surface area contributed by atoms with Crippen LogP contribution in [0.4, 0.5) is 5.69 Å². The number of fused-ring (bicyclic) bond motifs is 1. The molecule has 0 radical (unpaired) electrons. The highest BCUT2D eigenvalue weighted by Crippen LogP contribution is 2.29. The zero-order valence-corrected chi connectivity index (χ0v) is 12.8. The fourth-order valence-electron chi connectivity index (χ4n) is 2.03. The van der Waals surface area contributed by atoms with E-state index >= 15 is 0 Å². The van der Waals surface area contributed by atoms with Crippen LogP contribution in [0.25, 0.3) is 10.9 Å². The molecular weight excluding hydrogens is 320 g/mol. The molecule has 1 atom stereocenters. The first-order chi connectivity index (χ1) is 9.22. The Hall–Kier alpha value is -1.39. The monoisotopic (exact) mass is 332 g/mol. The number of benzene rings is 1. The second-order valence-corrected chi connectivity index (χ2v) is 6.92. The molecule has 0 amide bonds. The first-order valence-electron chi connectivity index (χ1n) is 6.09. The SMILES string of the molecule is CC(Nc1cnc2ccccc2c1)c1ccc(Br)s1. The fourth-order valence-corrected chi connectivity index (χ4v) is 3.46. The van der Waals surface area contributed by atoms with Gasteiger partial charge in [0, 0.05) is 10.3 Å². The van der Waals surface area contributed by atoms with E-state index < -0.39 is 0 Å². The molecule has 0 saturated carbocycles. The van der Waals surface area contributed by atoms with E-state index in [0.29, 0.717) is 0 Å². The summed E-state index contributed by atoms with van der Waals surface area (Å²) in [5.41, 5.74) is 2.08. The average Bonchev–Trinajstić information content (AvgIpc) is 2.85. The van der Waals surface area contributed by atoms with Crippen LogP contribution < -0.4 is 5.32 Å². The number of hydrogen-bond acceptors (Lipinski definition) is 3. The number of nitrogens with one attached hydrogen (secondary N) is 1. The molecule has 4 heteroatoms. The Kier molecular flexibility index (Phi) is 3.53. The Morgan fingerprint density at radius 1 is 1.21 bits per heavy atom. The van der Waals surface area contributed by atoms with Gasteiger partial charge in [-0.3, -0.25) is 4.98 Å². The topological polar surface area (TPSA) is 24.9 Å². The summed E-state index contributed by atoms with van der Waals surface area (Å²) in [6.07, 6.45) is 1.89. The van der Waals surface area contributed by atoms with E-state index in [-0.39, 0.29) is 6.04 Å². The summed E-state index contributed by atoms with van der Waals surface area (Å²) in [6.45, 7) is 2.16. The van der Waals surface area contributed by atoms with Gasteiger partial charge in [-0.15, -0.1) is 11.3 Å². The lowest BCUT2D eigenvalue weighted by Crippen LogP contribution is -2.04. The molecule has 96 valence electrons. The Morgan fingerprint density at radius 2 is 2.05 bits per heavy atom. The lowest BCUT2D eigenvalue weighted by atomic mass is 10.2. The first kappa shape index (κ1) is 12.6. The molecular formula is C15H13BrN2S. The Morgan fingerprint density at radius 3 is 2.84 bits per heavy atom. The van der Waals surface area contributed by atoms with E-state index in [9.17, 15) is 0 Å². The van der Waals surface area contributed by atoms with Crippen molar-refractivity contribution < 1.29 is 0 Å². The van der Waals surface area contributed by atoms with Gasteiger partial charge in [-0.05, 0) is 47.1 Å². The number of aromatic nitrogens is 1. The maximum Gasteiger partial charge on any atom is 0.0703 e. The number of para-hydroxylation sites is 1. The molecule has 2 nitrogen and oxygen atoms in total. The third kappa shape index (κ3) is 2.80. The zero-order chi connectivity index (χ0) is 13.2. The second-order valence-electron chi connectivity index (χ2n) is 4.42. The molecule has 1 N–H and O–H groups in total. The molecule has 0 bridgehead atoms. The van der Waals surface area contributed by atoms with Gasteiger partial charge in [0.2, 0.25) is 0 Å². The molecule has 2 aromatic heterocycles. The van der Waals surface area contributed by atoms with Crippen molar-refractivity contribution in [3.05, 3.63) is 57.3 Å². The summed E-state index contributed by atoms with van der Waals surface area (Å²) >= 11 is 5.25. The number of nitrogens with zero attached hydrogens (tertiary/aromatic N) is 1. The van der Waals surface area contributed by atoms with Gasteiger partial charge in [0.05, 0.1) is 27.2 Å². The van der Waals surface area contributed by atoms with E-state index in [2.05, 4.69) is 57.4 Å². The van der Waals surface area contributed by atoms with E-state index in [0.717, 1.165) is 20.4 Å². The predicted octanol–water partition coefficient (Wildman–Crippen LogP) is 5.23. The van der Waals surface area contributed by atoms with Crippen LogP contribution in [0.2, 0.25) is 0 Å². The Labute approximate surface area is 124 Å². The summed E-state index contributed by atoms with van der Waals surface area (Å²) in [5.74, 6) is 0. The van der Waals surface area contributed by atoms with E-state index in [4.69, 9.17) is 0 Å². The van der Waals surface area contributed by atoms with Crippen molar-refractivity contribution >= 4 is 43.9 Å². The van der Waals surface area contributed by atoms with E-state index in [1.807, 2.05) is 24.4 Å². The minimum absolute atomic E-state index is 0.277. The fraction of sp³-hybridized carbons (Fsp3) is 0.133. The summed E-state index contributed by atoms with van der Waals surface area (Å²) in [6, 6.07) is 14.8. The van der Waals surface area contributed by atoms with Crippen LogP contribution >= 0.6 is 27.3 Å². The lowest BCUT2D eigenvalue weighted by molar-refractivity contribution is 0.907. The summed E-state index contributed by atoms with van der Waals surface area (Å²) in [7, 11) is 0. The van der Waals surface area contributed by atoms with Gasteiger partial charge in [-0.2, -0.15) is 0 Å².